The summed E-state index contributed by atoms with van der Waals surface area (Å²) < 4.78 is 23.7. The van der Waals surface area contributed by atoms with Crippen LogP contribution in [-0.4, -0.2) is 37.0 Å². The molecule has 0 unspecified atom stereocenters. The van der Waals surface area contributed by atoms with Crippen LogP contribution >= 0.6 is 0 Å². The second kappa shape index (κ2) is 8.99. The third-order valence-corrected chi connectivity index (χ3v) is 6.60. The van der Waals surface area contributed by atoms with Crippen LogP contribution in [0.1, 0.15) is 27.0 Å². The second-order valence-electron chi connectivity index (χ2n) is 7.89. The number of hydrogen-bond acceptors (Lipinski definition) is 7. The summed E-state index contributed by atoms with van der Waals surface area (Å²) in [6.07, 6.45) is 3.56. The van der Waals surface area contributed by atoms with Gasteiger partial charge in [0.2, 0.25) is 0 Å². The summed E-state index contributed by atoms with van der Waals surface area (Å²) in [7, 11) is -3.72. The number of benzene rings is 2. The molecule has 2 heterocycles. The number of anilines is 1. The number of aromatic nitrogens is 1. The Labute approximate surface area is 191 Å². The Morgan fingerprint density at radius 3 is 2.58 bits per heavy atom. The van der Waals surface area contributed by atoms with Crippen molar-refractivity contribution in [3.05, 3.63) is 93.2 Å². The Balaban J connectivity index is 1.43. The average molecular weight is 467 g/mol. The van der Waals surface area contributed by atoms with E-state index >= 15 is 0 Å². The minimum absolute atomic E-state index is 0.0961. The molecule has 0 saturated heterocycles. The van der Waals surface area contributed by atoms with E-state index in [1.165, 1.54) is 11.1 Å². The van der Waals surface area contributed by atoms with E-state index in [0.717, 1.165) is 55.3 Å². The van der Waals surface area contributed by atoms with Crippen LogP contribution in [-0.2, 0) is 29.3 Å². The predicted molar refractivity (Wildman–Crippen MR) is 123 cm³/mol. The van der Waals surface area contributed by atoms with Crippen molar-refractivity contribution in [2.24, 2.45) is 0 Å². The highest BCUT2D eigenvalue weighted by atomic mass is 32.2. The number of nitrogens with one attached hydrogen (secondary N) is 1. The molecule has 0 saturated carbocycles. The molecular formula is C23H22N4O5S. The number of fused-ring (bicyclic) bond motifs is 1. The van der Waals surface area contributed by atoms with Crippen molar-refractivity contribution < 1.29 is 18.1 Å². The molecule has 9 nitrogen and oxygen atoms in total. The summed E-state index contributed by atoms with van der Waals surface area (Å²) in [5, 5.41) is 13.8. The number of nitro groups is 1. The fourth-order valence-electron chi connectivity index (χ4n) is 3.72. The molecule has 1 N–H and O–H groups in total. The van der Waals surface area contributed by atoms with Crippen LogP contribution in [0.2, 0.25) is 0 Å². The monoisotopic (exact) mass is 466 g/mol. The summed E-state index contributed by atoms with van der Waals surface area (Å²) in [6.45, 7) is 1.80. The van der Waals surface area contributed by atoms with Crippen LogP contribution < -0.4 is 10.2 Å². The Morgan fingerprint density at radius 1 is 1.15 bits per heavy atom. The normalized spacial score (nSPS) is 13.3. The quantitative estimate of drug-likeness (QED) is 0.438. The van der Waals surface area contributed by atoms with E-state index in [9.17, 15) is 23.3 Å². The molecule has 0 radical (unpaired) electrons. The summed E-state index contributed by atoms with van der Waals surface area (Å²) in [6, 6.07) is 15.2. The van der Waals surface area contributed by atoms with Crippen molar-refractivity contribution in [1.29, 1.82) is 0 Å². The first-order chi connectivity index (χ1) is 15.7. The summed E-state index contributed by atoms with van der Waals surface area (Å²) in [5.74, 6) is 0.233. The molecule has 0 fully saturated rings. The van der Waals surface area contributed by atoms with Crippen LogP contribution in [0.4, 0.5) is 11.5 Å². The zero-order chi connectivity index (χ0) is 23.6. The fourth-order valence-corrected chi connectivity index (χ4v) is 4.39. The van der Waals surface area contributed by atoms with Gasteiger partial charge in [-0.3, -0.25) is 14.9 Å². The Morgan fingerprint density at radius 2 is 1.91 bits per heavy atom. The van der Waals surface area contributed by atoms with E-state index in [4.69, 9.17) is 0 Å². The third kappa shape index (κ3) is 5.17. The number of nitro benzene ring substituents is 1. The second-order valence-corrected chi connectivity index (χ2v) is 9.91. The van der Waals surface area contributed by atoms with Gasteiger partial charge in [0, 0.05) is 49.8 Å². The van der Waals surface area contributed by atoms with Crippen LogP contribution in [0.15, 0.2) is 65.7 Å². The lowest BCUT2D eigenvalue weighted by Gasteiger charge is -2.29. The Hall–Kier alpha value is -3.79. The minimum Gasteiger partial charge on any atom is -0.352 e. The van der Waals surface area contributed by atoms with Gasteiger partial charge in [-0.15, -0.1) is 0 Å². The minimum atomic E-state index is -3.72. The van der Waals surface area contributed by atoms with E-state index < -0.39 is 26.4 Å². The molecule has 10 heteroatoms. The molecule has 1 aliphatic heterocycles. The SMILES string of the molecule is CS(=O)(=O)c1cc(C(=O)NCc2ccc(N3CCc4ccccc4C3)nc2)cc([N+](=O)[O-])c1. The molecule has 0 aliphatic carbocycles. The predicted octanol–water partition coefficient (Wildman–Crippen LogP) is 2.89. The molecule has 3 aromatic rings. The standard InChI is InChI=1S/C23H22N4O5S/c1-33(31,32)21-11-19(10-20(12-21)27(29)30)23(28)25-14-16-6-7-22(24-13-16)26-9-8-17-4-2-3-5-18(17)15-26/h2-7,10-13H,8-9,14-15H2,1H3,(H,25,28). The summed E-state index contributed by atoms with van der Waals surface area (Å²) in [4.78, 5) is 29.4. The number of amides is 1. The summed E-state index contributed by atoms with van der Waals surface area (Å²) >= 11 is 0. The number of rotatable bonds is 6. The maximum Gasteiger partial charge on any atom is 0.271 e. The van der Waals surface area contributed by atoms with Crippen LogP contribution in [0.5, 0.6) is 0 Å². The number of hydrogen-bond donors (Lipinski definition) is 1. The number of pyridine rings is 1. The fraction of sp³-hybridized carbons (Fsp3) is 0.217. The smallest absolute Gasteiger partial charge is 0.271 e. The van der Waals surface area contributed by atoms with Crippen molar-refractivity contribution in [3.63, 3.8) is 0 Å². The molecule has 1 aromatic heterocycles. The van der Waals surface area contributed by atoms with Gasteiger partial charge >= 0.3 is 0 Å². The van der Waals surface area contributed by atoms with Gasteiger partial charge in [-0.05, 0) is 35.2 Å². The van der Waals surface area contributed by atoms with Gasteiger partial charge in [0.25, 0.3) is 11.6 Å². The molecule has 0 spiro atoms. The van der Waals surface area contributed by atoms with E-state index in [-0.39, 0.29) is 17.0 Å². The highest BCUT2D eigenvalue weighted by Crippen LogP contribution is 2.23. The maximum absolute atomic E-state index is 12.5. The first kappa shape index (κ1) is 22.4. The number of carbonyl (C=O) groups is 1. The van der Waals surface area contributed by atoms with Gasteiger partial charge in [0.05, 0.1) is 9.82 Å². The number of sulfone groups is 1. The van der Waals surface area contributed by atoms with Gasteiger partial charge in [-0.25, -0.2) is 13.4 Å². The Kier molecular flexibility index (Phi) is 6.10. The lowest BCUT2D eigenvalue weighted by atomic mass is 10.00. The Bertz CT molecular complexity index is 1320. The lowest BCUT2D eigenvalue weighted by molar-refractivity contribution is -0.385. The molecule has 0 atom stereocenters. The van der Waals surface area contributed by atoms with Crippen molar-refractivity contribution in [2.75, 3.05) is 17.7 Å². The molecule has 170 valence electrons. The van der Waals surface area contributed by atoms with E-state index in [1.54, 1.807) is 6.20 Å². The van der Waals surface area contributed by atoms with E-state index in [2.05, 4.69) is 27.3 Å². The van der Waals surface area contributed by atoms with Gasteiger partial charge in [-0.2, -0.15) is 0 Å². The molecule has 33 heavy (non-hydrogen) atoms. The molecule has 2 aromatic carbocycles. The molecule has 1 aliphatic rings. The van der Waals surface area contributed by atoms with Crippen LogP contribution in [0.3, 0.4) is 0 Å². The molecule has 4 rings (SSSR count). The van der Waals surface area contributed by atoms with Gasteiger partial charge in [-0.1, -0.05) is 30.3 Å². The van der Waals surface area contributed by atoms with Crippen molar-refractivity contribution in [2.45, 2.75) is 24.4 Å². The maximum atomic E-state index is 12.5. The zero-order valence-electron chi connectivity index (χ0n) is 17.9. The van der Waals surface area contributed by atoms with Crippen LogP contribution in [0, 0.1) is 10.1 Å². The largest absolute Gasteiger partial charge is 0.352 e. The topological polar surface area (TPSA) is 123 Å². The van der Waals surface area contributed by atoms with Crippen molar-refractivity contribution in [1.82, 2.24) is 10.3 Å². The van der Waals surface area contributed by atoms with Gasteiger partial charge < -0.3 is 10.2 Å². The van der Waals surface area contributed by atoms with Gasteiger partial charge in [0.1, 0.15) is 5.82 Å². The van der Waals surface area contributed by atoms with E-state index in [0.29, 0.717) is 0 Å². The number of nitrogens with zero attached hydrogens (tertiary/aromatic N) is 3. The average Bonchev–Trinajstić information content (AvgIpc) is 2.81. The van der Waals surface area contributed by atoms with E-state index in [1.807, 2.05) is 24.3 Å². The summed E-state index contributed by atoms with van der Waals surface area (Å²) in [5.41, 5.74) is 2.83. The number of non-ortho nitro benzene ring substituents is 1. The first-order valence-corrected chi connectivity index (χ1v) is 12.1. The van der Waals surface area contributed by atoms with Crippen molar-refractivity contribution in [3.8, 4) is 0 Å². The molecular weight excluding hydrogens is 444 g/mol. The number of carbonyl (C=O) groups excluding carboxylic acids is 1. The third-order valence-electron chi connectivity index (χ3n) is 5.51. The van der Waals surface area contributed by atoms with Crippen molar-refractivity contribution >= 4 is 27.2 Å². The zero-order valence-corrected chi connectivity index (χ0v) is 18.7. The lowest BCUT2D eigenvalue weighted by Crippen LogP contribution is -2.31. The highest BCUT2D eigenvalue weighted by molar-refractivity contribution is 7.90. The molecule has 1 amide bonds. The van der Waals surface area contributed by atoms with Gasteiger partial charge in [0.15, 0.2) is 9.84 Å². The first-order valence-electron chi connectivity index (χ1n) is 10.2. The molecule has 0 bridgehead atoms. The van der Waals surface area contributed by atoms with Crippen LogP contribution in [0.25, 0.3) is 0 Å². The highest BCUT2D eigenvalue weighted by Gasteiger charge is 2.20.